The maximum Gasteiger partial charge on any atom is 0.240 e. The number of carbonyl (C=O) groups is 1. The second-order valence-electron chi connectivity index (χ2n) is 5.95. The maximum absolute atomic E-state index is 13.5. The lowest BCUT2D eigenvalue weighted by Gasteiger charge is -2.36. The lowest BCUT2D eigenvalue weighted by molar-refractivity contribution is -0.118. The van der Waals surface area contributed by atoms with Crippen molar-refractivity contribution in [3.63, 3.8) is 0 Å². The van der Waals surface area contributed by atoms with Gasteiger partial charge in [0.2, 0.25) is 23.4 Å². The number of rotatable bonds is 5. The summed E-state index contributed by atoms with van der Waals surface area (Å²) in [6.07, 6.45) is 3.22. The predicted molar refractivity (Wildman–Crippen MR) is 89.5 cm³/mol. The molecule has 1 saturated heterocycles. The van der Waals surface area contributed by atoms with Gasteiger partial charge in [0.05, 0.1) is 18.2 Å². The molecule has 0 unspecified atom stereocenters. The summed E-state index contributed by atoms with van der Waals surface area (Å²) in [7, 11) is 0. The Labute approximate surface area is 148 Å². The summed E-state index contributed by atoms with van der Waals surface area (Å²) in [5.74, 6) is 0.583. The number of likely N-dealkylation sites (tertiary alicyclic amines) is 1. The molecule has 0 spiro atoms. The van der Waals surface area contributed by atoms with E-state index in [0.29, 0.717) is 30.6 Å². The van der Waals surface area contributed by atoms with Gasteiger partial charge in [-0.2, -0.15) is 4.98 Å². The fraction of sp³-hybridized carbons (Fsp3) is 0.235. The molecule has 132 valence electrons. The molecular weight excluding hydrogens is 339 g/mol. The molecule has 9 heteroatoms. The molecule has 1 N–H and O–H groups in total. The number of carbonyl (C=O) groups excluding carboxylic acids is 1. The van der Waals surface area contributed by atoms with Gasteiger partial charge in [-0.25, -0.2) is 14.4 Å². The van der Waals surface area contributed by atoms with Gasteiger partial charge in [0, 0.05) is 25.5 Å². The minimum absolute atomic E-state index is 0.0567. The van der Waals surface area contributed by atoms with Crippen LogP contribution < -0.4 is 5.32 Å². The van der Waals surface area contributed by atoms with Crippen LogP contribution in [0.4, 0.5) is 10.1 Å². The maximum atomic E-state index is 13.5. The highest BCUT2D eigenvalue weighted by atomic mass is 19.1. The SMILES string of the molecule is O=C(CN1CC(c2nc(-c3ncccn3)no2)C1)Nc1ccccc1F. The molecule has 0 bridgehead atoms. The Morgan fingerprint density at radius 1 is 1.19 bits per heavy atom. The third kappa shape index (κ3) is 3.42. The van der Waals surface area contributed by atoms with Crippen molar-refractivity contribution in [2.75, 3.05) is 25.0 Å². The van der Waals surface area contributed by atoms with Crippen LogP contribution in [0.25, 0.3) is 11.6 Å². The van der Waals surface area contributed by atoms with Crippen LogP contribution in [0.1, 0.15) is 11.8 Å². The Morgan fingerprint density at radius 2 is 1.96 bits per heavy atom. The third-order valence-electron chi connectivity index (χ3n) is 4.03. The molecule has 2 aromatic heterocycles. The Kier molecular flexibility index (Phi) is 4.36. The van der Waals surface area contributed by atoms with Crippen LogP contribution in [0.2, 0.25) is 0 Å². The second-order valence-corrected chi connectivity index (χ2v) is 5.95. The number of halogens is 1. The molecular formula is C17H15FN6O2. The van der Waals surface area contributed by atoms with Crippen LogP contribution in [0.15, 0.2) is 47.2 Å². The fourth-order valence-corrected chi connectivity index (χ4v) is 2.72. The average Bonchev–Trinajstić information content (AvgIpc) is 3.10. The number of nitrogens with zero attached hydrogens (tertiary/aromatic N) is 5. The van der Waals surface area contributed by atoms with Gasteiger partial charge in [0.15, 0.2) is 0 Å². The van der Waals surface area contributed by atoms with Gasteiger partial charge in [-0.1, -0.05) is 17.3 Å². The van der Waals surface area contributed by atoms with Gasteiger partial charge in [-0.15, -0.1) is 0 Å². The molecule has 1 aliphatic heterocycles. The van der Waals surface area contributed by atoms with E-state index in [9.17, 15) is 9.18 Å². The molecule has 4 rings (SSSR count). The highest BCUT2D eigenvalue weighted by Gasteiger charge is 2.33. The molecule has 1 fully saturated rings. The van der Waals surface area contributed by atoms with Gasteiger partial charge in [0.1, 0.15) is 5.82 Å². The van der Waals surface area contributed by atoms with E-state index >= 15 is 0 Å². The van der Waals surface area contributed by atoms with E-state index in [-0.39, 0.29) is 24.1 Å². The monoisotopic (exact) mass is 354 g/mol. The van der Waals surface area contributed by atoms with Gasteiger partial charge >= 0.3 is 0 Å². The quantitative estimate of drug-likeness (QED) is 0.745. The normalized spacial score (nSPS) is 14.8. The number of hydrogen-bond donors (Lipinski definition) is 1. The number of anilines is 1. The smallest absolute Gasteiger partial charge is 0.240 e. The average molecular weight is 354 g/mol. The lowest BCUT2D eigenvalue weighted by Crippen LogP contribution is -2.48. The third-order valence-corrected chi connectivity index (χ3v) is 4.03. The van der Waals surface area contributed by atoms with Crippen LogP contribution in [-0.4, -0.2) is 50.5 Å². The number of aromatic nitrogens is 4. The number of benzene rings is 1. The highest BCUT2D eigenvalue weighted by molar-refractivity contribution is 5.92. The van der Waals surface area contributed by atoms with E-state index in [1.807, 2.05) is 4.90 Å². The molecule has 3 heterocycles. The first kappa shape index (κ1) is 16.3. The van der Waals surface area contributed by atoms with Crippen molar-refractivity contribution in [3.05, 3.63) is 54.4 Å². The summed E-state index contributed by atoms with van der Waals surface area (Å²) in [4.78, 5) is 26.4. The summed E-state index contributed by atoms with van der Waals surface area (Å²) in [5.41, 5.74) is 0.180. The molecule has 1 aliphatic rings. The van der Waals surface area contributed by atoms with Crippen molar-refractivity contribution in [2.45, 2.75) is 5.92 Å². The zero-order valence-electron chi connectivity index (χ0n) is 13.7. The minimum Gasteiger partial charge on any atom is -0.338 e. The number of nitrogens with one attached hydrogen (secondary N) is 1. The first-order valence-electron chi connectivity index (χ1n) is 8.07. The van der Waals surface area contributed by atoms with Crippen molar-refractivity contribution >= 4 is 11.6 Å². The first-order chi connectivity index (χ1) is 12.7. The first-order valence-corrected chi connectivity index (χ1v) is 8.07. The number of para-hydroxylation sites is 1. The molecule has 0 atom stereocenters. The predicted octanol–water partition coefficient (Wildman–Crippen LogP) is 1.70. The standard InChI is InChI=1S/C17H15FN6O2/c18-12-4-1-2-5-13(12)21-14(25)10-24-8-11(9-24)17-22-16(23-26-17)15-19-6-3-7-20-15/h1-7,11H,8-10H2,(H,21,25). The molecule has 3 aromatic rings. The molecule has 0 radical (unpaired) electrons. The second kappa shape index (κ2) is 6.96. The largest absolute Gasteiger partial charge is 0.338 e. The van der Waals surface area contributed by atoms with Gasteiger partial charge in [-0.05, 0) is 18.2 Å². The Bertz CT molecular complexity index is 910. The van der Waals surface area contributed by atoms with E-state index in [1.165, 1.54) is 12.1 Å². The zero-order valence-corrected chi connectivity index (χ0v) is 13.7. The van der Waals surface area contributed by atoms with E-state index < -0.39 is 5.82 Å². The van der Waals surface area contributed by atoms with Crippen LogP contribution in [0.5, 0.6) is 0 Å². The molecule has 8 nitrogen and oxygen atoms in total. The molecule has 1 amide bonds. The van der Waals surface area contributed by atoms with Gasteiger partial charge in [0.25, 0.3) is 0 Å². The van der Waals surface area contributed by atoms with Gasteiger partial charge < -0.3 is 9.84 Å². The Morgan fingerprint density at radius 3 is 2.73 bits per heavy atom. The van der Waals surface area contributed by atoms with Crippen LogP contribution in [0.3, 0.4) is 0 Å². The topological polar surface area (TPSA) is 97.0 Å². The summed E-state index contributed by atoms with van der Waals surface area (Å²) in [5, 5.41) is 6.46. The zero-order chi connectivity index (χ0) is 17.9. The van der Waals surface area contributed by atoms with Crippen molar-refractivity contribution < 1.29 is 13.7 Å². The van der Waals surface area contributed by atoms with Crippen molar-refractivity contribution in [1.29, 1.82) is 0 Å². The summed E-state index contributed by atoms with van der Waals surface area (Å²) < 4.78 is 18.8. The van der Waals surface area contributed by atoms with Gasteiger partial charge in [-0.3, -0.25) is 9.69 Å². The van der Waals surface area contributed by atoms with E-state index in [2.05, 4.69) is 25.4 Å². The number of hydrogen-bond acceptors (Lipinski definition) is 7. The summed E-state index contributed by atoms with van der Waals surface area (Å²) in [6, 6.07) is 7.78. The Hall–Kier alpha value is -3.20. The fourth-order valence-electron chi connectivity index (χ4n) is 2.72. The molecule has 0 saturated carbocycles. The van der Waals surface area contributed by atoms with Crippen molar-refractivity contribution in [1.82, 2.24) is 25.0 Å². The molecule has 1 aromatic carbocycles. The number of amides is 1. The summed E-state index contributed by atoms with van der Waals surface area (Å²) in [6.45, 7) is 1.40. The van der Waals surface area contributed by atoms with Crippen LogP contribution in [0, 0.1) is 5.82 Å². The highest BCUT2D eigenvalue weighted by Crippen LogP contribution is 2.26. The van der Waals surface area contributed by atoms with E-state index in [0.717, 1.165) is 0 Å². The van der Waals surface area contributed by atoms with E-state index in [1.54, 1.807) is 30.6 Å². The molecule has 0 aliphatic carbocycles. The van der Waals surface area contributed by atoms with E-state index in [4.69, 9.17) is 4.52 Å². The van der Waals surface area contributed by atoms with Crippen molar-refractivity contribution in [2.24, 2.45) is 0 Å². The lowest BCUT2D eigenvalue weighted by atomic mass is 10.0. The minimum atomic E-state index is -0.455. The Balaban J connectivity index is 1.30. The molecule has 26 heavy (non-hydrogen) atoms. The van der Waals surface area contributed by atoms with Crippen LogP contribution >= 0.6 is 0 Å². The summed E-state index contributed by atoms with van der Waals surface area (Å²) >= 11 is 0. The van der Waals surface area contributed by atoms with Crippen LogP contribution in [-0.2, 0) is 4.79 Å². The van der Waals surface area contributed by atoms with Crippen molar-refractivity contribution in [3.8, 4) is 11.6 Å².